The van der Waals surface area contributed by atoms with E-state index in [1.54, 1.807) is 18.2 Å². The number of nitrogens with one attached hydrogen (secondary N) is 1. The molecule has 1 atom stereocenters. The third-order valence-corrected chi connectivity index (χ3v) is 4.41. The Morgan fingerprint density at radius 1 is 1.25 bits per heavy atom. The molecular formula is C19H20ClN3O. The maximum Gasteiger partial charge on any atom is 0.146 e. The Kier molecular flexibility index (Phi) is 4.86. The quantitative estimate of drug-likeness (QED) is 0.668. The predicted molar refractivity (Wildman–Crippen MR) is 98.3 cm³/mol. The van der Waals surface area contributed by atoms with Crippen molar-refractivity contribution in [2.75, 3.05) is 13.7 Å². The standard InChI is InChI=1S/C19H20ClN3O/c1-13-12-23(17(21)11-14-7-4-3-5-8-14)22-18(13)15-9-6-10-16(20)19(15)24-2/h3-10,13,21H,11-12H2,1-2H3. The van der Waals surface area contributed by atoms with Crippen molar-refractivity contribution >= 4 is 23.1 Å². The summed E-state index contributed by atoms with van der Waals surface area (Å²) in [6.45, 7) is 2.80. The third-order valence-electron chi connectivity index (χ3n) is 4.12. The average Bonchev–Trinajstić information content (AvgIpc) is 2.97. The number of amidine groups is 1. The predicted octanol–water partition coefficient (Wildman–Crippen LogP) is 4.22. The van der Waals surface area contributed by atoms with Crippen molar-refractivity contribution in [1.29, 1.82) is 5.41 Å². The second kappa shape index (κ2) is 7.05. The summed E-state index contributed by atoms with van der Waals surface area (Å²) in [7, 11) is 1.61. The van der Waals surface area contributed by atoms with Gasteiger partial charge in [0, 0.05) is 17.9 Å². The number of rotatable bonds is 4. The molecule has 0 aliphatic carbocycles. The van der Waals surface area contributed by atoms with Crippen molar-refractivity contribution in [2.24, 2.45) is 11.0 Å². The van der Waals surface area contributed by atoms with E-state index in [-0.39, 0.29) is 5.92 Å². The van der Waals surface area contributed by atoms with Gasteiger partial charge in [-0.25, -0.2) is 0 Å². The number of para-hydroxylation sites is 1. The number of hydrogen-bond acceptors (Lipinski definition) is 3. The van der Waals surface area contributed by atoms with Crippen LogP contribution in [0.4, 0.5) is 0 Å². The number of ether oxygens (including phenoxy) is 1. The van der Waals surface area contributed by atoms with Crippen LogP contribution in [0.2, 0.25) is 5.02 Å². The zero-order valence-corrected chi connectivity index (χ0v) is 14.5. The van der Waals surface area contributed by atoms with Crippen LogP contribution in [0.3, 0.4) is 0 Å². The summed E-state index contributed by atoms with van der Waals surface area (Å²) in [5.41, 5.74) is 2.92. The number of methoxy groups -OCH3 is 1. The van der Waals surface area contributed by atoms with Gasteiger partial charge in [-0.15, -0.1) is 0 Å². The molecule has 0 fully saturated rings. The lowest BCUT2D eigenvalue weighted by atomic mass is 9.98. The molecule has 0 amide bonds. The smallest absolute Gasteiger partial charge is 0.146 e. The Hall–Kier alpha value is -2.33. The molecule has 0 bridgehead atoms. The van der Waals surface area contributed by atoms with Gasteiger partial charge in [0.1, 0.15) is 11.6 Å². The number of nitrogens with zero attached hydrogens (tertiary/aromatic N) is 2. The van der Waals surface area contributed by atoms with Crippen LogP contribution in [-0.4, -0.2) is 30.2 Å². The van der Waals surface area contributed by atoms with Crippen LogP contribution in [0.1, 0.15) is 18.1 Å². The molecule has 24 heavy (non-hydrogen) atoms. The molecule has 5 heteroatoms. The zero-order chi connectivity index (χ0) is 17.1. The molecule has 1 unspecified atom stereocenters. The van der Waals surface area contributed by atoms with Crippen molar-refractivity contribution in [1.82, 2.24) is 5.01 Å². The minimum absolute atomic E-state index is 0.202. The molecule has 1 aliphatic heterocycles. The number of halogens is 1. The largest absolute Gasteiger partial charge is 0.494 e. The highest BCUT2D eigenvalue weighted by Gasteiger charge is 2.28. The highest BCUT2D eigenvalue weighted by Crippen LogP contribution is 2.32. The molecule has 4 nitrogen and oxygen atoms in total. The lowest BCUT2D eigenvalue weighted by Crippen LogP contribution is -2.26. The molecule has 2 aromatic carbocycles. The van der Waals surface area contributed by atoms with Crippen molar-refractivity contribution in [2.45, 2.75) is 13.3 Å². The summed E-state index contributed by atoms with van der Waals surface area (Å²) >= 11 is 6.23. The van der Waals surface area contributed by atoms with E-state index >= 15 is 0 Å². The Balaban J connectivity index is 1.84. The Morgan fingerprint density at radius 3 is 2.71 bits per heavy atom. The lowest BCUT2D eigenvalue weighted by molar-refractivity contribution is 0.414. The average molecular weight is 342 g/mol. The molecule has 0 aromatic heterocycles. The highest BCUT2D eigenvalue weighted by atomic mass is 35.5. The Labute approximate surface area is 147 Å². The maximum absolute atomic E-state index is 8.37. The molecule has 3 rings (SSSR count). The Bertz CT molecular complexity index is 773. The first kappa shape index (κ1) is 16.5. The molecule has 0 radical (unpaired) electrons. The summed E-state index contributed by atoms with van der Waals surface area (Å²) < 4.78 is 5.44. The van der Waals surface area contributed by atoms with E-state index in [2.05, 4.69) is 12.0 Å². The van der Waals surface area contributed by atoms with Crippen LogP contribution in [0.25, 0.3) is 0 Å². The summed E-state index contributed by atoms with van der Waals surface area (Å²) in [6.07, 6.45) is 0.566. The SMILES string of the molecule is COc1c(Cl)cccc1C1=NN(C(=N)Cc2ccccc2)CC1C. The first-order valence-electron chi connectivity index (χ1n) is 7.90. The molecule has 0 saturated carbocycles. The molecule has 0 spiro atoms. The van der Waals surface area contributed by atoms with Crippen LogP contribution >= 0.6 is 11.6 Å². The van der Waals surface area contributed by atoms with Crippen LogP contribution < -0.4 is 4.74 Å². The lowest BCUT2D eigenvalue weighted by Gasteiger charge is -2.15. The van der Waals surface area contributed by atoms with E-state index in [0.29, 0.717) is 29.6 Å². The van der Waals surface area contributed by atoms with E-state index < -0.39 is 0 Å². The topological polar surface area (TPSA) is 48.7 Å². The monoisotopic (exact) mass is 341 g/mol. The van der Waals surface area contributed by atoms with Gasteiger partial charge in [0.25, 0.3) is 0 Å². The van der Waals surface area contributed by atoms with Gasteiger partial charge in [-0.3, -0.25) is 10.4 Å². The van der Waals surface area contributed by atoms with Crippen molar-refractivity contribution in [3.63, 3.8) is 0 Å². The minimum atomic E-state index is 0.202. The second-order valence-corrected chi connectivity index (χ2v) is 6.31. The van der Waals surface area contributed by atoms with E-state index in [9.17, 15) is 0 Å². The molecule has 1 aliphatic rings. The van der Waals surface area contributed by atoms with E-state index in [4.69, 9.17) is 21.7 Å². The molecular weight excluding hydrogens is 322 g/mol. The minimum Gasteiger partial charge on any atom is -0.494 e. The summed E-state index contributed by atoms with van der Waals surface area (Å²) in [5, 5.41) is 15.4. The third kappa shape index (κ3) is 3.29. The van der Waals surface area contributed by atoms with Gasteiger partial charge in [-0.1, -0.05) is 54.9 Å². The van der Waals surface area contributed by atoms with Crippen LogP contribution in [0, 0.1) is 11.3 Å². The van der Waals surface area contributed by atoms with Crippen LogP contribution in [0.5, 0.6) is 5.75 Å². The zero-order valence-electron chi connectivity index (χ0n) is 13.8. The van der Waals surface area contributed by atoms with Gasteiger partial charge in [-0.2, -0.15) is 5.10 Å². The second-order valence-electron chi connectivity index (χ2n) is 5.90. The fraction of sp³-hybridized carbons (Fsp3) is 0.263. The van der Waals surface area contributed by atoms with E-state index in [1.807, 2.05) is 42.5 Å². The molecule has 2 aromatic rings. The van der Waals surface area contributed by atoms with Crippen molar-refractivity contribution < 1.29 is 4.74 Å². The first-order valence-corrected chi connectivity index (χ1v) is 8.28. The summed E-state index contributed by atoms with van der Waals surface area (Å²) in [6, 6.07) is 15.7. The molecule has 124 valence electrons. The number of benzene rings is 2. The van der Waals surface area contributed by atoms with Crippen molar-refractivity contribution in [3.05, 3.63) is 64.7 Å². The maximum atomic E-state index is 8.37. The van der Waals surface area contributed by atoms with Crippen molar-refractivity contribution in [3.8, 4) is 5.75 Å². The number of hydrogen-bond donors (Lipinski definition) is 1. The number of hydrazone groups is 1. The molecule has 0 saturated heterocycles. The normalized spacial score (nSPS) is 16.9. The van der Waals surface area contributed by atoms with Gasteiger partial charge in [-0.05, 0) is 17.7 Å². The van der Waals surface area contributed by atoms with Crippen LogP contribution in [0.15, 0.2) is 53.6 Å². The van der Waals surface area contributed by atoms with E-state index in [0.717, 1.165) is 16.8 Å². The highest BCUT2D eigenvalue weighted by molar-refractivity contribution is 6.32. The molecule has 1 heterocycles. The van der Waals surface area contributed by atoms with Gasteiger partial charge < -0.3 is 4.74 Å². The fourth-order valence-corrected chi connectivity index (χ4v) is 3.16. The van der Waals surface area contributed by atoms with Gasteiger partial charge in [0.05, 0.1) is 24.4 Å². The Morgan fingerprint density at radius 2 is 2.00 bits per heavy atom. The van der Waals surface area contributed by atoms with Gasteiger partial charge in [0.2, 0.25) is 0 Å². The fourth-order valence-electron chi connectivity index (χ4n) is 2.90. The summed E-state index contributed by atoms with van der Waals surface area (Å²) in [5.74, 6) is 1.33. The van der Waals surface area contributed by atoms with E-state index in [1.165, 1.54) is 0 Å². The first-order chi connectivity index (χ1) is 11.6. The van der Waals surface area contributed by atoms with Gasteiger partial charge in [0.15, 0.2) is 0 Å². The van der Waals surface area contributed by atoms with Gasteiger partial charge >= 0.3 is 0 Å². The molecule has 1 N–H and O–H groups in total. The summed E-state index contributed by atoms with van der Waals surface area (Å²) in [4.78, 5) is 0. The van der Waals surface area contributed by atoms with Crippen LogP contribution in [-0.2, 0) is 6.42 Å².